The van der Waals surface area contributed by atoms with Crippen molar-refractivity contribution in [2.24, 2.45) is 0 Å². The molecular formula is C10H18O6S. The fourth-order valence-electron chi connectivity index (χ4n) is 1.40. The summed E-state index contributed by atoms with van der Waals surface area (Å²) in [6.07, 6.45) is 0.629. The summed E-state index contributed by atoms with van der Waals surface area (Å²) in [7, 11) is -3.63. The number of esters is 1. The van der Waals surface area contributed by atoms with Crippen molar-refractivity contribution in [3.63, 3.8) is 0 Å². The Kier molecular flexibility index (Phi) is 5.35. The Bertz CT molecular complexity index is 344. The number of rotatable bonds is 6. The lowest BCUT2D eigenvalue weighted by atomic mass is 10.2. The molecule has 1 heterocycles. The van der Waals surface area contributed by atoms with E-state index < -0.39 is 22.2 Å². The normalized spacial score (nSPS) is 22.4. The average Bonchev–Trinajstić information content (AvgIpc) is 2.78. The summed E-state index contributed by atoms with van der Waals surface area (Å²) in [5, 5.41) is 0. The molecule has 0 saturated carbocycles. The molecule has 1 saturated heterocycles. The van der Waals surface area contributed by atoms with Crippen LogP contribution in [0.2, 0.25) is 0 Å². The van der Waals surface area contributed by atoms with Crippen molar-refractivity contribution < 1.29 is 26.9 Å². The van der Waals surface area contributed by atoms with Gasteiger partial charge >= 0.3 is 5.97 Å². The van der Waals surface area contributed by atoms with Crippen molar-refractivity contribution in [1.29, 1.82) is 0 Å². The van der Waals surface area contributed by atoms with Crippen molar-refractivity contribution in [1.82, 2.24) is 0 Å². The lowest BCUT2D eigenvalue weighted by molar-refractivity contribution is -0.154. The first-order chi connectivity index (χ1) is 7.94. The first-order valence-corrected chi connectivity index (χ1v) is 7.21. The SMILES string of the molecule is CCS(=O)(=O)OC(C)C(=O)OCC1CCCO1. The highest BCUT2D eigenvalue weighted by molar-refractivity contribution is 7.86. The van der Waals surface area contributed by atoms with Gasteiger partial charge in [-0.15, -0.1) is 0 Å². The van der Waals surface area contributed by atoms with E-state index in [2.05, 4.69) is 4.18 Å². The van der Waals surface area contributed by atoms with Crippen LogP contribution in [0.5, 0.6) is 0 Å². The summed E-state index contributed by atoms with van der Waals surface area (Å²) >= 11 is 0. The number of hydrogen-bond acceptors (Lipinski definition) is 6. The first kappa shape index (κ1) is 14.4. The third-order valence-corrected chi connectivity index (χ3v) is 3.70. The summed E-state index contributed by atoms with van der Waals surface area (Å²) in [5.74, 6) is -0.853. The highest BCUT2D eigenvalue weighted by Crippen LogP contribution is 2.12. The quantitative estimate of drug-likeness (QED) is 0.513. The Morgan fingerprint density at radius 1 is 1.53 bits per heavy atom. The van der Waals surface area contributed by atoms with E-state index in [1.807, 2.05) is 0 Å². The molecule has 1 rings (SSSR count). The second-order valence-corrected chi connectivity index (χ2v) is 5.74. The number of carbonyl (C=O) groups excluding carboxylic acids is 1. The second-order valence-electron chi connectivity index (χ2n) is 3.85. The highest BCUT2D eigenvalue weighted by Gasteiger charge is 2.24. The Balaban J connectivity index is 2.31. The van der Waals surface area contributed by atoms with Crippen LogP contribution < -0.4 is 0 Å². The Hall–Kier alpha value is -0.660. The van der Waals surface area contributed by atoms with Crippen LogP contribution in [0.3, 0.4) is 0 Å². The molecule has 6 nitrogen and oxygen atoms in total. The summed E-state index contributed by atoms with van der Waals surface area (Å²) < 4.78 is 37.1. The molecular weight excluding hydrogens is 248 g/mol. The summed E-state index contributed by atoms with van der Waals surface area (Å²) in [6, 6.07) is 0. The lowest BCUT2D eigenvalue weighted by Gasteiger charge is -2.14. The third kappa shape index (κ3) is 5.01. The van der Waals surface area contributed by atoms with Gasteiger partial charge in [-0.1, -0.05) is 0 Å². The van der Waals surface area contributed by atoms with E-state index in [1.165, 1.54) is 13.8 Å². The van der Waals surface area contributed by atoms with Gasteiger partial charge in [-0.2, -0.15) is 8.42 Å². The molecule has 0 spiro atoms. The van der Waals surface area contributed by atoms with E-state index in [0.29, 0.717) is 6.61 Å². The molecule has 100 valence electrons. The molecule has 0 amide bonds. The van der Waals surface area contributed by atoms with Gasteiger partial charge in [0.15, 0.2) is 6.10 Å². The lowest BCUT2D eigenvalue weighted by Crippen LogP contribution is -2.29. The molecule has 0 aromatic carbocycles. The second kappa shape index (κ2) is 6.32. The van der Waals surface area contributed by atoms with Gasteiger partial charge in [0.1, 0.15) is 6.61 Å². The van der Waals surface area contributed by atoms with Crippen LogP contribution in [0.1, 0.15) is 26.7 Å². The molecule has 0 radical (unpaired) electrons. The molecule has 1 aliphatic heterocycles. The summed E-state index contributed by atoms with van der Waals surface area (Å²) in [6.45, 7) is 3.63. The monoisotopic (exact) mass is 266 g/mol. The predicted molar refractivity (Wildman–Crippen MR) is 59.9 cm³/mol. The van der Waals surface area contributed by atoms with E-state index in [1.54, 1.807) is 0 Å². The zero-order valence-corrected chi connectivity index (χ0v) is 10.9. The van der Waals surface area contributed by atoms with Gasteiger partial charge < -0.3 is 9.47 Å². The smallest absolute Gasteiger partial charge is 0.336 e. The zero-order chi connectivity index (χ0) is 12.9. The molecule has 7 heteroatoms. The minimum Gasteiger partial charge on any atom is -0.461 e. The van der Waals surface area contributed by atoms with Gasteiger partial charge in [0.25, 0.3) is 10.1 Å². The standard InChI is InChI=1S/C10H18O6S/c1-3-17(12,13)16-8(2)10(11)15-7-9-5-4-6-14-9/h8-9H,3-7H2,1-2H3. The topological polar surface area (TPSA) is 78.9 Å². The minimum atomic E-state index is -3.63. The van der Waals surface area contributed by atoms with Crippen LogP contribution in [-0.4, -0.2) is 45.6 Å². The van der Waals surface area contributed by atoms with Crippen molar-refractivity contribution in [2.75, 3.05) is 19.0 Å². The van der Waals surface area contributed by atoms with Gasteiger partial charge in [-0.25, -0.2) is 4.79 Å². The molecule has 0 aromatic rings. The molecule has 0 bridgehead atoms. The van der Waals surface area contributed by atoms with Crippen LogP contribution >= 0.6 is 0 Å². The Labute approximate surface area is 101 Å². The van der Waals surface area contributed by atoms with E-state index in [9.17, 15) is 13.2 Å². The summed E-state index contributed by atoms with van der Waals surface area (Å²) in [4.78, 5) is 11.4. The predicted octanol–water partition coefficient (Wildman–Crippen LogP) is 0.463. The van der Waals surface area contributed by atoms with Crippen LogP contribution in [0.15, 0.2) is 0 Å². The van der Waals surface area contributed by atoms with Crippen molar-refractivity contribution in [3.8, 4) is 0 Å². The number of carbonyl (C=O) groups is 1. The first-order valence-electron chi connectivity index (χ1n) is 5.64. The maximum absolute atomic E-state index is 11.4. The molecule has 0 N–H and O–H groups in total. The third-order valence-electron chi connectivity index (χ3n) is 2.41. The zero-order valence-electron chi connectivity index (χ0n) is 10.0. The fraction of sp³-hybridized carbons (Fsp3) is 0.900. The Morgan fingerprint density at radius 3 is 2.76 bits per heavy atom. The van der Waals surface area contributed by atoms with E-state index in [0.717, 1.165) is 12.8 Å². The van der Waals surface area contributed by atoms with Crippen molar-refractivity contribution in [2.45, 2.75) is 38.9 Å². The van der Waals surface area contributed by atoms with Crippen molar-refractivity contribution >= 4 is 16.1 Å². The molecule has 0 aromatic heterocycles. The van der Waals surface area contributed by atoms with Gasteiger partial charge in [-0.3, -0.25) is 4.18 Å². The molecule has 0 aliphatic carbocycles. The van der Waals surface area contributed by atoms with Gasteiger partial charge in [0.2, 0.25) is 0 Å². The van der Waals surface area contributed by atoms with E-state index in [-0.39, 0.29) is 18.5 Å². The largest absolute Gasteiger partial charge is 0.461 e. The number of ether oxygens (including phenoxy) is 2. The average molecular weight is 266 g/mol. The van der Waals surface area contributed by atoms with E-state index >= 15 is 0 Å². The fourth-order valence-corrected chi connectivity index (χ4v) is 2.05. The summed E-state index contributed by atoms with van der Waals surface area (Å²) in [5.41, 5.74) is 0. The molecule has 2 atom stereocenters. The van der Waals surface area contributed by atoms with Gasteiger partial charge in [0.05, 0.1) is 11.9 Å². The number of hydrogen-bond donors (Lipinski definition) is 0. The van der Waals surface area contributed by atoms with Crippen LogP contribution in [0.4, 0.5) is 0 Å². The van der Waals surface area contributed by atoms with Crippen LogP contribution in [-0.2, 0) is 28.6 Å². The van der Waals surface area contributed by atoms with Gasteiger partial charge in [-0.05, 0) is 26.7 Å². The maximum atomic E-state index is 11.4. The van der Waals surface area contributed by atoms with Crippen LogP contribution in [0.25, 0.3) is 0 Å². The highest BCUT2D eigenvalue weighted by atomic mass is 32.2. The van der Waals surface area contributed by atoms with Crippen LogP contribution in [0, 0.1) is 0 Å². The Morgan fingerprint density at radius 2 is 2.24 bits per heavy atom. The van der Waals surface area contributed by atoms with E-state index in [4.69, 9.17) is 9.47 Å². The molecule has 1 aliphatic rings. The maximum Gasteiger partial charge on any atom is 0.336 e. The molecule has 2 unspecified atom stereocenters. The van der Waals surface area contributed by atoms with Gasteiger partial charge in [0, 0.05) is 6.61 Å². The molecule has 1 fully saturated rings. The van der Waals surface area contributed by atoms with Crippen molar-refractivity contribution in [3.05, 3.63) is 0 Å². The molecule has 17 heavy (non-hydrogen) atoms. The minimum absolute atomic E-state index is 0.0751.